The lowest BCUT2D eigenvalue weighted by Crippen LogP contribution is -2.36. The topological polar surface area (TPSA) is 52.3 Å². The average molecular weight is 255 g/mol. The zero-order valence-electron chi connectivity index (χ0n) is 10.9. The van der Waals surface area contributed by atoms with Gasteiger partial charge in [-0.25, -0.2) is 0 Å². The van der Waals surface area contributed by atoms with Gasteiger partial charge in [0.1, 0.15) is 5.54 Å². The Bertz CT molecular complexity index is 632. The van der Waals surface area contributed by atoms with Crippen LogP contribution in [0.5, 0.6) is 0 Å². The summed E-state index contributed by atoms with van der Waals surface area (Å²) in [6, 6.07) is 14.3. The van der Waals surface area contributed by atoms with Crippen molar-refractivity contribution < 1.29 is 9.53 Å². The monoisotopic (exact) mass is 255 g/mol. The predicted molar refractivity (Wildman–Crippen MR) is 74.9 cm³/mol. The summed E-state index contributed by atoms with van der Waals surface area (Å²) in [6.07, 6.45) is 0.667. The second-order valence-corrected chi connectivity index (χ2v) is 5.09. The van der Waals surface area contributed by atoms with Gasteiger partial charge in [-0.3, -0.25) is 4.79 Å². The Morgan fingerprint density at radius 3 is 2.84 bits per heavy atom. The predicted octanol–water partition coefficient (Wildman–Crippen LogP) is 2.59. The van der Waals surface area contributed by atoms with Crippen molar-refractivity contribution in [2.45, 2.75) is 24.8 Å². The highest BCUT2D eigenvalue weighted by atomic mass is 16.5. The molecule has 2 atom stereocenters. The highest BCUT2D eigenvalue weighted by molar-refractivity contribution is 5.92. The van der Waals surface area contributed by atoms with E-state index in [0.717, 1.165) is 5.56 Å². The Morgan fingerprint density at radius 2 is 2.05 bits per heavy atom. The van der Waals surface area contributed by atoms with Crippen molar-refractivity contribution in [2.24, 2.45) is 5.73 Å². The molecule has 0 heterocycles. The SMILES string of the molecule is CCOC(=O)C1(N)CC1c1cccc2ccccc12. The molecule has 3 rings (SSSR count). The van der Waals surface area contributed by atoms with Crippen LogP contribution in [0.4, 0.5) is 0 Å². The molecular weight excluding hydrogens is 238 g/mol. The van der Waals surface area contributed by atoms with E-state index < -0.39 is 5.54 Å². The first-order valence-corrected chi connectivity index (χ1v) is 6.60. The minimum absolute atomic E-state index is 0.0673. The smallest absolute Gasteiger partial charge is 0.326 e. The summed E-state index contributed by atoms with van der Waals surface area (Å²) in [5.41, 5.74) is 6.48. The normalized spacial score (nSPS) is 25.3. The molecule has 2 aromatic carbocycles. The number of fused-ring (bicyclic) bond motifs is 1. The molecule has 2 aromatic rings. The number of ether oxygens (including phenoxy) is 1. The van der Waals surface area contributed by atoms with Crippen LogP contribution < -0.4 is 5.73 Å². The number of rotatable bonds is 3. The molecule has 0 saturated heterocycles. The third-order valence-corrected chi connectivity index (χ3v) is 3.86. The van der Waals surface area contributed by atoms with Crippen LogP contribution in [-0.4, -0.2) is 18.1 Å². The number of carbonyl (C=O) groups excluding carboxylic acids is 1. The number of hydrogen-bond acceptors (Lipinski definition) is 3. The van der Waals surface area contributed by atoms with Gasteiger partial charge in [-0.05, 0) is 29.7 Å². The molecule has 0 aromatic heterocycles. The van der Waals surface area contributed by atoms with Crippen molar-refractivity contribution in [3.8, 4) is 0 Å². The zero-order chi connectivity index (χ0) is 13.5. The first-order valence-electron chi connectivity index (χ1n) is 6.60. The van der Waals surface area contributed by atoms with Crippen molar-refractivity contribution >= 4 is 16.7 Å². The van der Waals surface area contributed by atoms with Crippen molar-refractivity contribution in [2.75, 3.05) is 6.61 Å². The van der Waals surface area contributed by atoms with Crippen molar-refractivity contribution in [3.63, 3.8) is 0 Å². The quantitative estimate of drug-likeness (QED) is 0.858. The Labute approximate surface area is 112 Å². The number of benzene rings is 2. The molecule has 19 heavy (non-hydrogen) atoms. The van der Waals surface area contributed by atoms with Gasteiger partial charge in [0.2, 0.25) is 0 Å². The highest BCUT2D eigenvalue weighted by Crippen LogP contribution is 2.51. The summed E-state index contributed by atoms with van der Waals surface area (Å²) < 4.78 is 5.07. The van der Waals surface area contributed by atoms with Crippen LogP contribution in [0, 0.1) is 0 Å². The molecular formula is C16H17NO2. The maximum atomic E-state index is 11.9. The molecule has 1 aliphatic carbocycles. The molecule has 0 radical (unpaired) electrons. The van der Waals surface area contributed by atoms with E-state index in [0.29, 0.717) is 13.0 Å². The van der Waals surface area contributed by atoms with E-state index in [4.69, 9.17) is 10.5 Å². The molecule has 98 valence electrons. The number of carbonyl (C=O) groups is 1. The van der Waals surface area contributed by atoms with Crippen LogP contribution in [0.25, 0.3) is 10.8 Å². The van der Waals surface area contributed by atoms with Gasteiger partial charge in [-0.1, -0.05) is 42.5 Å². The number of hydrogen-bond donors (Lipinski definition) is 1. The first kappa shape index (κ1) is 12.2. The van der Waals surface area contributed by atoms with E-state index in [1.807, 2.05) is 18.2 Å². The molecule has 3 nitrogen and oxygen atoms in total. The second kappa shape index (κ2) is 4.35. The third-order valence-electron chi connectivity index (χ3n) is 3.86. The molecule has 2 N–H and O–H groups in total. The van der Waals surface area contributed by atoms with Gasteiger partial charge in [0.15, 0.2) is 0 Å². The summed E-state index contributed by atoms with van der Waals surface area (Å²) in [5, 5.41) is 2.35. The lowest BCUT2D eigenvalue weighted by atomic mass is 9.99. The molecule has 3 heteroatoms. The second-order valence-electron chi connectivity index (χ2n) is 5.09. The molecule has 0 aliphatic heterocycles. The van der Waals surface area contributed by atoms with Crippen molar-refractivity contribution in [1.82, 2.24) is 0 Å². The summed E-state index contributed by atoms with van der Waals surface area (Å²) >= 11 is 0. The Kier molecular flexibility index (Phi) is 2.79. The average Bonchev–Trinajstić information content (AvgIpc) is 3.12. The van der Waals surface area contributed by atoms with E-state index in [9.17, 15) is 4.79 Å². The molecule has 0 bridgehead atoms. The fourth-order valence-electron chi connectivity index (χ4n) is 2.71. The summed E-state index contributed by atoms with van der Waals surface area (Å²) in [7, 11) is 0. The van der Waals surface area contributed by atoms with Gasteiger partial charge in [0.25, 0.3) is 0 Å². The van der Waals surface area contributed by atoms with Gasteiger partial charge in [-0.15, -0.1) is 0 Å². The Morgan fingerprint density at radius 1 is 1.32 bits per heavy atom. The van der Waals surface area contributed by atoms with E-state index >= 15 is 0 Å². The van der Waals surface area contributed by atoms with Crippen molar-refractivity contribution in [1.29, 1.82) is 0 Å². The van der Waals surface area contributed by atoms with E-state index in [1.54, 1.807) is 6.92 Å². The van der Waals surface area contributed by atoms with Gasteiger partial charge >= 0.3 is 5.97 Å². The maximum Gasteiger partial charge on any atom is 0.326 e. The lowest BCUT2D eigenvalue weighted by molar-refractivity contribution is -0.145. The van der Waals surface area contributed by atoms with E-state index in [2.05, 4.69) is 24.3 Å². The highest BCUT2D eigenvalue weighted by Gasteiger charge is 2.59. The van der Waals surface area contributed by atoms with Crippen molar-refractivity contribution in [3.05, 3.63) is 48.0 Å². The summed E-state index contributed by atoms with van der Waals surface area (Å²) in [4.78, 5) is 11.9. The minimum atomic E-state index is -0.833. The Hall–Kier alpha value is -1.87. The van der Waals surface area contributed by atoms with Crippen LogP contribution in [-0.2, 0) is 9.53 Å². The maximum absolute atomic E-state index is 11.9. The molecule has 0 amide bonds. The fraction of sp³-hybridized carbons (Fsp3) is 0.312. The molecule has 1 fully saturated rings. The summed E-state index contributed by atoms with van der Waals surface area (Å²) in [6.45, 7) is 2.18. The minimum Gasteiger partial charge on any atom is -0.465 e. The van der Waals surface area contributed by atoms with Gasteiger partial charge in [0.05, 0.1) is 6.61 Å². The van der Waals surface area contributed by atoms with Gasteiger partial charge in [0, 0.05) is 5.92 Å². The third kappa shape index (κ3) is 1.90. The number of esters is 1. The van der Waals surface area contributed by atoms with Gasteiger partial charge < -0.3 is 10.5 Å². The molecule has 1 saturated carbocycles. The molecule has 1 aliphatic rings. The lowest BCUT2D eigenvalue weighted by Gasteiger charge is -2.12. The van der Waals surface area contributed by atoms with Crippen LogP contribution >= 0.6 is 0 Å². The van der Waals surface area contributed by atoms with Crippen LogP contribution in [0.15, 0.2) is 42.5 Å². The zero-order valence-corrected chi connectivity index (χ0v) is 10.9. The van der Waals surface area contributed by atoms with Crippen LogP contribution in [0.2, 0.25) is 0 Å². The van der Waals surface area contributed by atoms with E-state index in [-0.39, 0.29) is 11.9 Å². The Balaban J connectivity index is 1.97. The standard InChI is InChI=1S/C16H17NO2/c1-2-19-15(18)16(17)10-14(16)13-9-5-7-11-6-3-4-8-12(11)13/h3-9,14H,2,10,17H2,1H3. The van der Waals surface area contributed by atoms with Crippen LogP contribution in [0.1, 0.15) is 24.8 Å². The molecule has 2 unspecified atom stereocenters. The molecule has 0 spiro atoms. The number of nitrogens with two attached hydrogens (primary N) is 1. The van der Waals surface area contributed by atoms with Crippen LogP contribution in [0.3, 0.4) is 0 Å². The van der Waals surface area contributed by atoms with E-state index in [1.165, 1.54) is 10.8 Å². The largest absolute Gasteiger partial charge is 0.465 e. The fourth-order valence-corrected chi connectivity index (χ4v) is 2.71. The summed E-state index contributed by atoms with van der Waals surface area (Å²) in [5.74, 6) is -0.217. The van der Waals surface area contributed by atoms with Gasteiger partial charge in [-0.2, -0.15) is 0 Å². The first-order chi connectivity index (χ1) is 9.16.